The van der Waals surface area contributed by atoms with Crippen molar-refractivity contribution in [2.45, 2.75) is 58.8 Å². The highest BCUT2D eigenvalue weighted by Gasteiger charge is 2.19. The van der Waals surface area contributed by atoms with Gasteiger partial charge in [0.15, 0.2) is 0 Å². The molecule has 0 fully saturated rings. The molecule has 1 unspecified atom stereocenters. The van der Waals surface area contributed by atoms with Crippen LogP contribution in [0.1, 0.15) is 58.8 Å². The molecule has 0 aliphatic carbocycles. The lowest BCUT2D eigenvalue weighted by molar-refractivity contribution is 0.147. The molecule has 0 amide bonds. The molecular weight excluding hydrogens is 227 g/mol. The number of unbranched alkanes of at least 4 members (excludes halogenated alkanes) is 5. The summed E-state index contributed by atoms with van der Waals surface area (Å²) in [6.45, 7) is 4.64. The second kappa shape index (κ2) is 10.3. The molecule has 0 aromatic carbocycles. The Labute approximate surface area is 99.0 Å². The molecule has 0 aromatic heterocycles. The predicted molar refractivity (Wildman–Crippen MR) is 65.4 cm³/mol. The van der Waals surface area contributed by atoms with Crippen molar-refractivity contribution >= 4 is 7.82 Å². The Morgan fingerprint density at radius 3 is 2.06 bits per heavy atom. The maximum atomic E-state index is 11.2. The fourth-order valence-corrected chi connectivity index (χ4v) is 2.15. The molecule has 0 radical (unpaired) electrons. The molecule has 4 nitrogen and oxygen atoms in total. The molecule has 0 bridgehead atoms. The summed E-state index contributed by atoms with van der Waals surface area (Å²) in [5.74, 6) is 0. The third-order valence-electron chi connectivity index (χ3n) is 2.21. The van der Waals surface area contributed by atoms with E-state index in [4.69, 9.17) is 9.05 Å². The smallest absolute Gasteiger partial charge is 0.302 e. The molecule has 0 heterocycles. The van der Waals surface area contributed by atoms with Crippen molar-refractivity contribution in [1.82, 2.24) is 0 Å². The molecular formula is C11H25O4P. The fraction of sp³-hybridized carbons (Fsp3) is 1.00. The minimum absolute atomic E-state index is 0.268. The molecule has 98 valence electrons. The van der Waals surface area contributed by atoms with Gasteiger partial charge in [-0.3, -0.25) is 9.05 Å². The molecule has 0 saturated heterocycles. The van der Waals surface area contributed by atoms with Gasteiger partial charge in [-0.2, -0.15) is 0 Å². The number of hydrogen-bond acceptors (Lipinski definition) is 3. The number of phosphoric ester groups is 1. The highest BCUT2D eigenvalue weighted by Crippen LogP contribution is 2.43. The molecule has 1 N–H and O–H groups in total. The van der Waals surface area contributed by atoms with Crippen molar-refractivity contribution < 1.29 is 18.5 Å². The van der Waals surface area contributed by atoms with Gasteiger partial charge in [-0.15, -0.1) is 0 Å². The number of hydrogen-bond donors (Lipinski definition) is 1. The molecule has 0 aliphatic rings. The largest absolute Gasteiger partial charge is 0.472 e. The van der Waals surface area contributed by atoms with Gasteiger partial charge >= 0.3 is 7.82 Å². The molecule has 0 saturated carbocycles. The fourth-order valence-electron chi connectivity index (χ4n) is 1.31. The van der Waals surface area contributed by atoms with Gasteiger partial charge in [-0.1, -0.05) is 46.0 Å². The molecule has 16 heavy (non-hydrogen) atoms. The van der Waals surface area contributed by atoms with Gasteiger partial charge in [0.1, 0.15) is 0 Å². The average Bonchev–Trinajstić information content (AvgIpc) is 2.25. The standard InChI is InChI=1S/C11H25O4P/c1-3-5-6-7-8-9-11-15-16(12,13)14-10-4-2/h3-11H2,1-2H3,(H,12,13). The summed E-state index contributed by atoms with van der Waals surface area (Å²) in [5.41, 5.74) is 0. The van der Waals surface area contributed by atoms with Gasteiger partial charge in [-0.25, -0.2) is 4.57 Å². The van der Waals surface area contributed by atoms with E-state index < -0.39 is 7.82 Å². The summed E-state index contributed by atoms with van der Waals surface area (Å²) in [6, 6.07) is 0. The maximum Gasteiger partial charge on any atom is 0.472 e. The van der Waals surface area contributed by atoms with E-state index in [2.05, 4.69) is 6.92 Å². The Hall–Kier alpha value is 0.110. The van der Waals surface area contributed by atoms with E-state index in [0.29, 0.717) is 13.0 Å². The first-order valence-electron chi connectivity index (χ1n) is 6.24. The van der Waals surface area contributed by atoms with E-state index in [1.54, 1.807) is 0 Å². The zero-order valence-electron chi connectivity index (χ0n) is 10.5. The zero-order chi connectivity index (χ0) is 12.3. The van der Waals surface area contributed by atoms with Crippen LogP contribution in [0.2, 0.25) is 0 Å². The van der Waals surface area contributed by atoms with Crippen molar-refractivity contribution in [2.75, 3.05) is 13.2 Å². The van der Waals surface area contributed by atoms with E-state index in [-0.39, 0.29) is 6.61 Å². The Balaban J connectivity index is 3.32. The Kier molecular flexibility index (Phi) is 10.3. The van der Waals surface area contributed by atoms with Crippen LogP contribution in [0.3, 0.4) is 0 Å². The molecule has 0 aliphatic heterocycles. The first-order chi connectivity index (χ1) is 7.62. The molecule has 1 atom stereocenters. The van der Waals surface area contributed by atoms with Gasteiger partial charge in [0, 0.05) is 0 Å². The first kappa shape index (κ1) is 16.1. The predicted octanol–water partition coefficient (Wildman–Crippen LogP) is 3.89. The third-order valence-corrected chi connectivity index (χ3v) is 3.23. The highest BCUT2D eigenvalue weighted by atomic mass is 31.2. The lowest BCUT2D eigenvalue weighted by Crippen LogP contribution is -1.98. The highest BCUT2D eigenvalue weighted by molar-refractivity contribution is 7.47. The van der Waals surface area contributed by atoms with Crippen LogP contribution < -0.4 is 0 Å². The van der Waals surface area contributed by atoms with Crippen LogP contribution in [-0.4, -0.2) is 18.1 Å². The van der Waals surface area contributed by atoms with E-state index in [1.807, 2.05) is 6.92 Å². The van der Waals surface area contributed by atoms with Crippen LogP contribution in [0.25, 0.3) is 0 Å². The summed E-state index contributed by atoms with van der Waals surface area (Å²) in [4.78, 5) is 9.20. The van der Waals surface area contributed by atoms with Crippen LogP contribution in [0.4, 0.5) is 0 Å². The minimum atomic E-state index is -3.77. The third kappa shape index (κ3) is 10.6. The van der Waals surface area contributed by atoms with Gasteiger partial charge in [-0.05, 0) is 12.8 Å². The van der Waals surface area contributed by atoms with Gasteiger partial charge in [0.2, 0.25) is 0 Å². The summed E-state index contributed by atoms with van der Waals surface area (Å²) in [7, 11) is -3.77. The van der Waals surface area contributed by atoms with Gasteiger partial charge in [0.05, 0.1) is 13.2 Å². The number of rotatable bonds is 11. The Bertz CT molecular complexity index is 196. The van der Waals surface area contributed by atoms with Crippen LogP contribution in [0.5, 0.6) is 0 Å². The topological polar surface area (TPSA) is 55.8 Å². The van der Waals surface area contributed by atoms with E-state index >= 15 is 0 Å². The zero-order valence-corrected chi connectivity index (χ0v) is 11.4. The Morgan fingerprint density at radius 1 is 0.875 bits per heavy atom. The average molecular weight is 252 g/mol. The van der Waals surface area contributed by atoms with E-state index in [0.717, 1.165) is 12.8 Å². The van der Waals surface area contributed by atoms with Gasteiger partial charge in [0.25, 0.3) is 0 Å². The summed E-state index contributed by atoms with van der Waals surface area (Å²) in [6.07, 6.45) is 7.48. The van der Waals surface area contributed by atoms with Crippen molar-refractivity contribution in [3.63, 3.8) is 0 Å². The summed E-state index contributed by atoms with van der Waals surface area (Å²) in [5, 5.41) is 0. The number of phosphoric acid groups is 1. The monoisotopic (exact) mass is 252 g/mol. The lowest BCUT2D eigenvalue weighted by Gasteiger charge is -2.11. The van der Waals surface area contributed by atoms with E-state index in [9.17, 15) is 9.46 Å². The molecule has 0 rings (SSSR count). The summed E-state index contributed by atoms with van der Waals surface area (Å²) < 4.78 is 20.8. The van der Waals surface area contributed by atoms with Crippen molar-refractivity contribution in [3.05, 3.63) is 0 Å². The van der Waals surface area contributed by atoms with Crippen LogP contribution >= 0.6 is 7.82 Å². The molecule has 0 aromatic rings. The molecule has 5 heteroatoms. The quantitative estimate of drug-likeness (QED) is 0.447. The second-order valence-corrected chi connectivity index (χ2v) is 5.36. The van der Waals surface area contributed by atoms with E-state index in [1.165, 1.54) is 25.7 Å². The summed E-state index contributed by atoms with van der Waals surface area (Å²) >= 11 is 0. The van der Waals surface area contributed by atoms with Crippen LogP contribution in [0.15, 0.2) is 0 Å². The van der Waals surface area contributed by atoms with Crippen molar-refractivity contribution in [2.24, 2.45) is 0 Å². The van der Waals surface area contributed by atoms with Crippen LogP contribution in [0, 0.1) is 0 Å². The second-order valence-electron chi connectivity index (χ2n) is 3.90. The lowest BCUT2D eigenvalue weighted by atomic mass is 10.1. The SMILES string of the molecule is CCCCCCCCOP(=O)(O)OCCC. The molecule has 0 spiro atoms. The van der Waals surface area contributed by atoms with Crippen molar-refractivity contribution in [1.29, 1.82) is 0 Å². The Morgan fingerprint density at radius 2 is 1.44 bits per heavy atom. The maximum absolute atomic E-state index is 11.2. The first-order valence-corrected chi connectivity index (χ1v) is 7.73. The van der Waals surface area contributed by atoms with Gasteiger partial charge < -0.3 is 4.89 Å². The normalized spacial score (nSPS) is 14.9. The van der Waals surface area contributed by atoms with Crippen LogP contribution in [-0.2, 0) is 13.6 Å². The van der Waals surface area contributed by atoms with Crippen molar-refractivity contribution in [3.8, 4) is 0 Å². The minimum Gasteiger partial charge on any atom is -0.302 e.